The Labute approximate surface area is 127 Å². The van der Waals surface area contributed by atoms with Crippen molar-refractivity contribution in [2.45, 2.75) is 44.7 Å². The van der Waals surface area contributed by atoms with Crippen molar-refractivity contribution in [3.8, 4) is 0 Å². The topological polar surface area (TPSA) is 29.3 Å². The van der Waals surface area contributed by atoms with Gasteiger partial charge in [0.15, 0.2) is 0 Å². The Kier molecular flexibility index (Phi) is 4.57. The lowest BCUT2D eigenvalue weighted by Crippen LogP contribution is -2.43. The van der Waals surface area contributed by atoms with Crippen LogP contribution in [0.25, 0.3) is 10.8 Å². The van der Waals surface area contributed by atoms with Crippen molar-refractivity contribution in [1.29, 1.82) is 0 Å². The van der Waals surface area contributed by atoms with Gasteiger partial charge < -0.3 is 5.73 Å². The summed E-state index contributed by atoms with van der Waals surface area (Å²) in [7, 11) is 0. The number of likely N-dealkylation sites (tertiary alicyclic amines) is 1. The van der Waals surface area contributed by atoms with Crippen LogP contribution in [-0.4, -0.2) is 24.0 Å². The molecule has 2 heteroatoms. The van der Waals surface area contributed by atoms with E-state index in [1.54, 1.807) is 0 Å². The summed E-state index contributed by atoms with van der Waals surface area (Å²) >= 11 is 0. The number of rotatable bonds is 4. The van der Waals surface area contributed by atoms with Gasteiger partial charge in [-0.05, 0) is 42.1 Å². The molecule has 2 aromatic carbocycles. The van der Waals surface area contributed by atoms with E-state index in [0.717, 1.165) is 12.6 Å². The molecule has 0 amide bonds. The van der Waals surface area contributed by atoms with E-state index in [9.17, 15) is 0 Å². The fourth-order valence-electron chi connectivity index (χ4n) is 3.69. The highest BCUT2D eigenvalue weighted by Crippen LogP contribution is 2.26. The van der Waals surface area contributed by atoms with Gasteiger partial charge in [-0.25, -0.2) is 0 Å². The lowest BCUT2D eigenvalue weighted by atomic mass is 9.96. The molecule has 1 fully saturated rings. The van der Waals surface area contributed by atoms with Crippen molar-refractivity contribution in [3.63, 3.8) is 0 Å². The Morgan fingerprint density at radius 2 is 1.95 bits per heavy atom. The molecule has 2 nitrogen and oxygen atoms in total. The minimum Gasteiger partial charge on any atom is -0.323 e. The van der Waals surface area contributed by atoms with Crippen molar-refractivity contribution in [1.82, 2.24) is 4.90 Å². The first-order chi connectivity index (χ1) is 10.3. The van der Waals surface area contributed by atoms with Crippen LogP contribution in [0.3, 0.4) is 0 Å². The number of nitrogens with two attached hydrogens (primary N) is 1. The van der Waals surface area contributed by atoms with Crippen molar-refractivity contribution < 1.29 is 0 Å². The van der Waals surface area contributed by atoms with Crippen LogP contribution in [-0.2, 0) is 0 Å². The highest BCUT2D eigenvalue weighted by Gasteiger charge is 2.23. The van der Waals surface area contributed by atoms with E-state index in [1.165, 1.54) is 48.6 Å². The summed E-state index contributed by atoms with van der Waals surface area (Å²) < 4.78 is 0. The summed E-state index contributed by atoms with van der Waals surface area (Å²) in [4.78, 5) is 2.61. The normalized spacial score (nSPS) is 21.5. The van der Waals surface area contributed by atoms with E-state index in [2.05, 4.69) is 54.3 Å². The minimum atomic E-state index is 0.100. The Bertz CT molecular complexity index is 588. The minimum absolute atomic E-state index is 0.100. The molecule has 0 bridgehead atoms. The number of piperidine rings is 1. The molecular weight excluding hydrogens is 256 g/mol. The Morgan fingerprint density at radius 1 is 1.14 bits per heavy atom. The lowest BCUT2D eigenvalue weighted by molar-refractivity contribution is 0.136. The monoisotopic (exact) mass is 282 g/mol. The van der Waals surface area contributed by atoms with Crippen LogP contribution in [0.4, 0.5) is 0 Å². The molecule has 1 aliphatic heterocycles. The molecule has 21 heavy (non-hydrogen) atoms. The van der Waals surface area contributed by atoms with Crippen LogP contribution in [0.2, 0.25) is 0 Å². The molecule has 1 heterocycles. The maximum Gasteiger partial charge on any atom is 0.0430 e. The predicted octanol–water partition coefficient (Wildman–Crippen LogP) is 4.10. The standard InChI is InChI=1S/C19H26N2/c1-2-16-10-5-6-13-21(16)14-19(20)18-12-7-9-15-8-3-4-11-17(15)18/h3-4,7-9,11-12,16,19H,2,5-6,10,13-14,20H2,1H3. The zero-order chi connectivity index (χ0) is 14.7. The zero-order valence-electron chi connectivity index (χ0n) is 13.0. The van der Waals surface area contributed by atoms with Gasteiger partial charge in [0.25, 0.3) is 0 Å². The van der Waals surface area contributed by atoms with Crippen molar-refractivity contribution in [2.75, 3.05) is 13.1 Å². The average Bonchev–Trinajstić information content (AvgIpc) is 2.54. The van der Waals surface area contributed by atoms with Crippen LogP contribution < -0.4 is 5.73 Å². The van der Waals surface area contributed by atoms with Crippen molar-refractivity contribution in [2.24, 2.45) is 5.73 Å². The second kappa shape index (κ2) is 6.59. The molecule has 3 rings (SSSR count). The van der Waals surface area contributed by atoms with Crippen LogP contribution in [0.1, 0.15) is 44.2 Å². The summed E-state index contributed by atoms with van der Waals surface area (Å²) in [6.45, 7) is 4.48. The highest BCUT2D eigenvalue weighted by atomic mass is 15.2. The summed E-state index contributed by atoms with van der Waals surface area (Å²) in [5, 5.41) is 2.59. The summed E-state index contributed by atoms with van der Waals surface area (Å²) in [5.41, 5.74) is 7.85. The quantitative estimate of drug-likeness (QED) is 0.914. The van der Waals surface area contributed by atoms with Gasteiger partial charge in [0.05, 0.1) is 0 Å². The van der Waals surface area contributed by atoms with Gasteiger partial charge in [-0.3, -0.25) is 4.90 Å². The van der Waals surface area contributed by atoms with Gasteiger partial charge in [-0.15, -0.1) is 0 Å². The van der Waals surface area contributed by atoms with Gasteiger partial charge in [0.1, 0.15) is 0 Å². The Balaban J connectivity index is 1.82. The number of hydrogen-bond donors (Lipinski definition) is 1. The fourth-order valence-corrected chi connectivity index (χ4v) is 3.69. The lowest BCUT2D eigenvalue weighted by Gasteiger charge is -2.37. The molecule has 0 radical (unpaired) electrons. The van der Waals surface area contributed by atoms with E-state index in [-0.39, 0.29) is 6.04 Å². The molecule has 1 aliphatic rings. The number of nitrogens with zero attached hydrogens (tertiary/aromatic N) is 1. The fraction of sp³-hybridized carbons (Fsp3) is 0.474. The first-order valence-electron chi connectivity index (χ1n) is 8.27. The maximum absolute atomic E-state index is 6.57. The molecule has 0 saturated carbocycles. The third-order valence-corrected chi connectivity index (χ3v) is 4.87. The van der Waals surface area contributed by atoms with Crippen LogP contribution in [0.5, 0.6) is 0 Å². The number of fused-ring (bicyclic) bond motifs is 1. The predicted molar refractivity (Wildman–Crippen MR) is 90.4 cm³/mol. The van der Waals surface area contributed by atoms with Crippen LogP contribution in [0.15, 0.2) is 42.5 Å². The molecule has 112 valence electrons. The van der Waals surface area contributed by atoms with Crippen LogP contribution in [0, 0.1) is 0 Å². The Morgan fingerprint density at radius 3 is 2.81 bits per heavy atom. The third kappa shape index (κ3) is 3.12. The molecule has 1 saturated heterocycles. The zero-order valence-corrected chi connectivity index (χ0v) is 13.0. The molecular formula is C19H26N2. The average molecular weight is 282 g/mol. The van der Waals surface area contributed by atoms with E-state index >= 15 is 0 Å². The van der Waals surface area contributed by atoms with E-state index < -0.39 is 0 Å². The van der Waals surface area contributed by atoms with Crippen molar-refractivity contribution in [3.05, 3.63) is 48.0 Å². The number of hydrogen-bond acceptors (Lipinski definition) is 2. The SMILES string of the molecule is CCC1CCCCN1CC(N)c1cccc2ccccc12. The first kappa shape index (κ1) is 14.6. The summed E-state index contributed by atoms with van der Waals surface area (Å²) in [6.07, 6.45) is 5.26. The van der Waals surface area contributed by atoms with Gasteiger partial charge >= 0.3 is 0 Å². The Hall–Kier alpha value is -1.38. The smallest absolute Gasteiger partial charge is 0.0430 e. The largest absolute Gasteiger partial charge is 0.323 e. The second-order valence-electron chi connectivity index (χ2n) is 6.23. The third-order valence-electron chi connectivity index (χ3n) is 4.87. The van der Waals surface area contributed by atoms with Gasteiger partial charge in [0.2, 0.25) is 0 Å². The molecule has 0 spiro atoms. The van der Waals surface area contributed by atoms with Gasteiger partial charge in [0, 0.05) is 18.6 Å². The molecule has 2 aromatic rings. The van der Waals surface area contributed by atoms with Crippen molar-refractivity contribution >= 4 is 10.8 Å². The summed E-state index contributed by atoms with van der Waals surface area (Å²) in [6, 6.07) is 15.9. The van der Waals surface area contributed by atoms with E-state index in [0.29, 0.717) is 0 Å². The summed E-state index contributed by atoms with van der Waals surface area (Å²) in [5.74, 6) is 0. The first-order valence-corrected chi connectivity index (χ1v) is 8.27. The van der Waals surface area contributed by atoms with Crippen LogP contribution >= 0.6 is 0 Å². The van der Waals surface area contributed by atoms with E-state index in [4.69, 9.17) is 5.73 Å². The molecule has 2 N–H and O–H groups in total. The van der Waals surface area contributed by atoms with Gasteiger partial charge in [-0.2, -0.15) is 0 Å². The molecule has 0 aliphatic carbocycles. The molecule has 2 atom stereocenters. The second-order valence-corrected chi connectivity index (χ2v) is 6.23. The molecule has 2 unspecified atom stereocenters. The maximum atomic E-state index is 6.57. The highest BCUT2D eigenvalue weighted by molar-refractivity contribution is 5.86. The van der Waals surface area contributed by atoms with Gasteiger partial charge in [-0.1, -0.05) is 55.8 Å². The number of benzene rings is 2. The molecule has 0 aromatic heterocycles. The van der Waals surface area contributed by atoms with E-state index in [1.807, 2.05) is 0 Å².